The highest BCUT2D eigenvalue weighted by Crippen LogP contribution is 2.26. The normalized spacial score (nSPS) is 10.0. The molecule has 98 valence electrons. The van der Waals surface area contributed by atoms with Crippen LogP contribution in [-0.4, -0.2) is 25.0 Å². The summed E-state index contributed by atoms with van der Waals surface area (Å²) in [7, 11) is 0. The van der Waals surface area contributed by atoms with E-state index in [1.807, 2.05) is 26.8 Å². The molecule has 0 unspecified atom stereocenters. The van der Waals surface area contributed by atoms with Crippen molar-refractivity contribution in [3.63, 3.8) is 0 Å². The number of carbonyl (C=O) groups is 2. The van der Waals surface area contributed by atoms with Crippen molar-refractivity contribution in [1.82, 2.24) is 0 Å². The number of Topliss-reactive ketones (excluding diaryl/α,β-unsaturated/α-hetero) is 1. The average molecular weight is 250 g/mol. The zero-order valence-electron chi connectivity index (χ0n) is 11.2. The predicted molar refractivity (Wildman–Crippen MR) is 68.0 cm³/mol. The van der Waals surface area contributed by atoms with Gasteiger partial charge in [-0.15, -0.1) is 0 Å². The van der Waals surface area contributed by atoms with Crippen LogP contribution < -0.4 is 4.74 Å². The van der Waals surface area contributed by atoms with E-state index in [2.05, 4.69) is 0 Å². The monoisotopic (exact) mass is 250 g/mol. The molecule has 0 aromatic heterocycles. The molecule has 0 radical (unpaired) electrons. The van der Waals surface area contributed by atoms with Crippen LogP contribution in [0.3, 0.4) is 0 Å². The van der Waals surface area contributed by atoms with Gasteiger partial charge >= 0.3 is 5.97 Å². The van der Waals surface area contributed by atoms with Crippen molar-refractivity contribution >= 4 is 11.8 Å². The number of esters is 1. The van der Waals surface area contributed by atoms with Gasteiger partial charge in [-0.1, -0.05) is 6.07 Å². The van der Waals surface area contributed by atoms with E-state index in [0.29, 0.717) is 12.4 Å². The molecule has 4 heteroatoms. The number of carbonyl (C=O) groups excluding carboxylic acids is 2. The van der Waals surface area contributed by atoms with Crippen molar-refractivity contribution in [3.05, 3.63) is 28.8 Å². The van der Waals surface area contributed by atoms with Crippen LogP contribution in [0.2, 0.25) is 0 Å². The van der Waals surface area contributed by atoms with Gasteiger partial charge in [0.1, 0.15) is 5.75 Å². The molecule has 0 bridgehead atoms. The maximum absolute atomic E-state index is 12.0. The second kappa shape index (κ2) is 6.19. The van der Waals surface area contributed by atoms with E-state index in [-0.39, 0.29) is 12.2 Å². The van der Waals surface area contributed by atoms with Gasteiger partial charge < -0.3 is 9.47 Å². The Labute approximate surface area is 107 Å². The minimum absolute atomic E-state index is 0.180. The Morgan fingerprint density at radius 2 is 1.78 bits per heavy atom. The van der Waals surface area contributed by atoms with E-state index < -0.39 is 11.8 Å². The average Bonchev–Trinajstić information content (AvgIpc) is 2.31. The molecule has 1 rings (SSSR count). The van der Waals surface area contributed by atoms with E-state index in [9.17, 15) is 9.59 Å². The lowest BCUT2D eigenvalue weighted by Gasteiger charge is -2.13. The first-order chi connectivity index (χ1) is 8.51. The molecule has 1 aromatic carbocycles. The highest BCUT2D eigenvalue weighted by molar-refractivity contribution is 6.41. The Morgan fingerprint density at radius 1 is 1.11 bits per heavy atom. The molecule has 0 aliphatic rings. The predicted octanol–water partition coefficient (Wildman–Crippen LogP) is 2.45. The van der Waals surface area contributed by atoms with Crippen molar-refractivity contribution in [2.45, 2.75) is 27.7 Å². The molecular weight excluding hydrogens is 232 g/mol. The van der Waals surface area contributed by atoms with Crippen LogP contribution in [0.5, 0.6) is 5.75 Å². The van der Waals surface area contributed by atoms with Gasteiger partial charge in [0.05, 0.1) is 18.8 Å². The molecule has 0 N–H and O–H groups in total. The summed E-state index contributed by atoms with van der Waals surface area (Å²) >= 11 is 0. The van der Waals surface area contributed by atoms with Gasteiger partial charge in [0.25, 0.3) is 5.78 Å². The van der Waals surface area contributed by atoms with Crippen molar-refractivity contribution in [1.29, 1.82) is 0 Å². The highest BCUT2D eigenvalue weighted by Gasteiger charge is 2.23. The van der Waals surface area contributed by atoms with E-state index in [1.165, 1.54) is 0 Å². The van der Waals surface area contributed by atoms with E-state index in [1.54, 1.807) is 13.0 Å². The first-order valence-corrected chi connectivity index (χ1v) is 5.96. The zero-order valence-corrected chi connectivity index (χ0v) is 11.2. The third-order valence-electron chi connectivity index (χ3n) is 2.41. The fourth-order valence-corrected chi connectivity index (χ4v) is 1.77. The van der Waals surface area contributed by atoms with E-state index in [0.717, 1.165) is 11.1 Å². The maximum Gasteiger partial charge on any atom is 0.379 e. The lowest BCUT2D eigenvalue weighted by molar-refractivity contribution is -0.137. The summed E-state index contributed by atoms with van der Waals surface area (Å²) in [5.41, 5.74) is 2.01. The Kier molecular flexibility index (Phi) is 4.89. The minimum Gasteiger partial charge on any atom is -0.493 e. The van der Waals surface area contributed by atoms with Crippen molar-refractivity contribution < 1.29 is 19.1 Å². The van der Waals surface area contributed by atoms with Gasteiger partial charge in [-0.3, -0.25) is 4.79 Å². The number of hydrogen-bond donors (Lipinski definition) is 0. The van der Waals surface area contributed by atoms with Crippen LogP contribution in [0, 0.1) is 13.8 Å². The van der Waals surface area contributed by atoms with Crippen LogP contribution in [0.15, 0.2) is 12.1 Å². The summed E-state index contributed by atoms with van der Waals surface area (Å²) in [6, 6.07) is 3.56. The minimum atomic E-state index is -0.844. The van der Waals surface area contributed by atoms with Gasteiger partial charge in [0.15, 0.2) is 0 Å². The molecule has 0 aliphatic heterocycles. The lowest BCUT2D eigenvalue weighted by Crippen LogP contribution is -2.19. The second-order valence-corrected chi connectivity index (χ2v) is 3.94. The molecule has 0 heterocycles. The maximum atomic E-state index is 12.0. The fourth-order valence-electron chi connectivity index (χ4n) is 1.77. The third-order valence-corrected chi connectivity index (χ3v) is 2.41. The number of ether oxygens (including phenoxy) is 2. The smallest absolute Gasteiger partial charge is 0.379 e. The molecule has 0 saturated carbocycles. The Bertz CT molecular complexity index is 463. The van der Waals surface area contributed by atoms with Crippen molar-refractivity contribution in [2.75, 3.05) is 13.2 Å². The summed E-state index contributed by atoms with van der Waals surface area (Å²) in [6.07, 6.45) is 0. The molecule has 0 atom stereocenters. The largest absolute Gasteiger partial charge is 0.493 e. The first kappa shape index (κ1) is 14.2. The zero-order chi connectivity index (χ0) is 13.7. The molecule has 0 aliphatic carbocycles. The molecule has 0 spiro atoms. The number of benzene rings is 1. The van der Waals surface area contributed by atoms with Crippen molar-refractivity contribution in [2.24, 2.45) is 0 Å². The van der Waals surface area contributed by atoms with Crippen LogP contribution in [0.1, 0.15) is 35.3 Å². The topological polar surface area (TPSA) is 52.6 Å². The van der Waals surface area contributed by atoms with Crippen LogP contribution in [0.25, 0.3) is 0 Å². The number of hydrogen-bond acceptors (Lipinski definition) is 4. The van der Waals surface area contributed by atoms with Gasteiger partial charge in [-0.25, -0.2) is 4.79 Å². The molecule has 0 saturated heterocycles. The fraction of sp³-hybridized carbons (Fsp3) is 0.429. The summed E-state index contributed by atoms with van der Waals surface area (Å²) in [5, 5.41) is 0. The molecule has 4 nitrogen and oxygen atoms in total. The SMILES string of the molecule is CCOC(=O)C(=O)c1cc(C)cc(C)c1OCC. The Hall–Kier alpha value is -1.84. The number of rotatable bonds is 5. The van der Waals surface area contributed by atoms with Crippen LogP contribution in [-0.2, 0) is 9.53 Å². The second-order valence-electron chi connectivity index (χ2n) is 3.94. The van der Waals surface area contributed by atoms with E-state index >= 15 is 0 Å². The summed E-state index contributed by atoms with van der Waals surface area (Å²) in [6.45, 7) is 7.82. The first-order valence-electron chi connectivity index (χ1n) is 5.96. The molecule has 0 amide bonds. The lowest BCUT2D eigenvalue weighted by atomic mass is 10.0. The molecular formula is C14H18O4. The van der Waals surface area contributed by atoms with Crippen molar-refractivity contribution in [3.8, 4) is 5.75 Å². The summed E-state index contributed by atoms with van der Waals surface area (Å²) < 4.78 is 10.2. The number of ketones is 1. The molecule has 1 aromatic rings. The summed E-state index contributed by atoms with van der Waals surface area (Å²) in [5.74, 6) is -1.04. The van der Waals surface area contributed by atoms with Crippen LogP contribution >= 0.6 is 0 Å². The van der Waals surface area contributed by atoms with Gasteiger partial charge in [0, 0.05) is 0 Å². The van der Waals surface area contributed by atoms with Gasteiger partial charge in [-0.05, 0) is 44.9 Å². The van der Waals surface area contributed by atoms with E-state index in [4.69, 9.17) is 9.47 Å². The summed E-state index contributed by atoms with van der Waals surface area (Å²) in [4.78, 5) is 23.5. The van der Waals surface area contributed by atoms with Gasteiger partial charge in [0.2, 0.25) is 0 Å². The standard InChI is InChI=1S/C14H18O4/c1-5-17-13-10(4)7-9(3)8-11(13)12(15)14(16)18-6-2/h7-8H,5-6H2,1-4H3. The number of aryl methyl sites for hydroxylation is 2. The molecule has 0 fully saturated rings. The highest BCUT2D eigenvalue weighted by atomic mass is 16.5. The van der Waals surface area contributed by atoms with Crippen LogP contribution in [0.4, 0.5) is 0 Å². The van der Waals surface area contributed by atoms with Gasteiger partial charge in [-0.2, -0.15) is 0 Å². The molecule has 18 heavy (non-hydrogen) atoms. The quantitative estimate of drug-likeness (QED) is 0.457. The Morgan fingerprint density at radius 3 is 2.33 bits per heavy atom. The Balaban J connectivity index is 3.20. The third kappa shape index (κ3) is 3.09.